The van der Waals surface area contributed by atoms with Crippen molar-refractivity contribution in [2.75, 3.05) is 7.05 Å². The first kappa shape index (κ1) is 11.6. The molecule has 0 aliphatic carbocycles. The maximum atomic E-state index is 11.5. The van der Waals surface area contributed by atoms with Crippen molar-refractivity contribution in [3.8, 4) is 0 Å². The van der Waals surface area contributed by atoms with Crippen LogP contribution in [0.15, 0.2) is 0 Å². The second kappa shape index (κ2) is 5.31. The summed E-state index contributed by atoms with van der Waals surface area (Å²) < 4.78 is 0. The number of ketones is 1. The lowest BCUT2D eigenvalue weighted by molar-refractivity contribution is -0.124. The molecule has 12 heavy (non-hydrogen) atoms. The van der Waals surface area contributed by atoms with Crippen molar-refractivity contribution < 1.29 is 6.22 Å². The largest absolute Gasteiger partial charge is 0.311 e. The average Bonchev–Trinajstić information content (AvgIpc) is 1.98. The van der Waals surface area contributed by atoms with E-state index in [2.05, 4.69) is 19.2 Å². The van der Waals surface area contributed by atoms with Crippen molar-refractivity contribution in [3.63, 3.8) is 0 Å². The van der Waals surface area contributed by atoms with Crippen LogP contribution in [0.5, 0.6) is 0 Å². The van der Waals surface area contributed by atoms with Crippen LogP contribution in [0, 0.1) is 11.8 Å². The summed E-state index contributed by atoms with van der Waals surface area (Å²) >= 11 is 0. The number of carbonyl (C=O) groups excluding carboxylic acids is 1. The van der Waals surface area contributed by atoms with Crippen molar-refractivity contribution >= 4 is 5.78 Å². The van der Waals surface area contributed by atoms with E-state index in [9.17, 15) is 4.79 Å². The second-order valence-electron chi connectivity index (χ2n) is 4.03. The molecule has 0 heterocycles. The molecule has 1 atom stereocenters. The Labute approximate surface area is 77.2 Å². The molecular formula is C10H23NO. The SMILES string of the molecule is CNC(CC(C)C)C(=O)C(C)C.[HH]. The van der Waals surface area contributed by atoms with E-state index in [-0.39, 0.29) is 13.4 Å². The molecule has 0 saturated heterocycles. The lowest BCUT2D eigenvalue weighted by Crippen LogP contribution is -2.37. The highest BCUT2D eigenvalue weighted by molar-refractivity contribution is 5.85. The van der Waals surface area contributed by atoms with Crippen LogP contribution in [-0.4, -0.2) is 18.9 Å². The van der Waals surface area contributed by atoms with Gasteiger partial charge in [-0.05, 0) is 19.4 Å². The number of likely N-dealkylation sites (N-methyl/N-ethyl adjacent to an activating group) is 1. The van der Waals surface area contributed by atoms with E-state index in [0.29, 0.717) is 11.7 Å². The van der Waals surface area contributed by atoms with E-state index in [1.54, 1.807) is 0 Å². The summed E-state index contributed by atoms with van der Waals surface area (Å²) in [5.74, 6) is 1.04. The quantitative estimate of drug-likeness (QED) is 0.689. The number of nitrogens with one attached hydrogen (secondary N) is 1. The summed E-state index contributed by atoms with van der Waals surface area (Å²) in [6.45, 7) is 8.18. The van der Waals surface area contributed by atoms with Gasteiger partial charge in [-0.1, -0.05) is 27.7 Å². The van der Waals surface area contributed by atoms with Gasteiger partial charge in [-0.15, -0.1) is 0 Å². The molecule has 2 heteroatoms. The van der Waals surface area contributed by atoms with Gasteiger partial charge in [0, 0.05) is 7.34 Å². The van der Waals surface area contributed by atoms with E-state index >= 15 is 0 Å². The lowest BCUT2D eigenvalue weighted by Gasteiger charge is -2.18. The van der Waals surface area contributed by atoms with Gasteiger partial charge in [-0.25, -0.2) is 0 Å². The van der Waals surface area contributed by atoms with E-state index in [0.717, 1.165) is 6.42 Å². The van der Waals surface area contributed by atoms with Crippen molar-refractivity contribution in [3.05, 3.63) is 0 Å². The van der Waals surface area contributed by atoms with Crippen LogP contribution < -0.4 is 5.32 Å². The summed E-state index contributed by atoms with van der Waals surface area (Å²) in [6.07, 6.45) is 0.938. The molecule has 0 spiro atoms. The third-order valence-electron chi connectivity index (χ3n) is 1.97. The van der Waals surface area contributed by atoms with Crippen LogP contribution in [-0.2, 0) is 4.79 Å². The standard InChI is InChI=1S/C10H21NO.H2/c1-7(2)6-9(11-5)10(12)8(3)4;/h7-9,11H,6H2,1-5H3;1H. The summed E-state index contributed by atoms with van der Waals surface area (Å²) in [6, 6.07) is 0.0463. The van der Waals surface area contributed by atoms with Crippen LogP contribution in [0.25, 0.3) is 0 Å². The zero-order valence-electron chi connectivity index (χ0n) is 8.85. The fraction of sp³-hybridized carbons (Fsp3) is 0.900. The van der Waals surface area contributed by atoms with Crippen molar-refractivity contribution in [2.45, 2.75) is 40.2 Å². The van der Waals surface area contributed by atoms with E-state index in [1.807, 2.05) is 20.9 Å². The predicted molar refractivity (Wildman–Crippen MR) is 54.3 cm³/mol. The van der Waals surface area contributed by atoms with E-state index in [1.165, 1.54) is 0 Å². The second-order valence-corrected chi connectivity index (χ2v) is 4.03. The molecule has 0 saturated carbocycles. The molecule has 0 amide bonds. The molecule has 0 fully saturated rings. The maximum absolute atomic E-state index is 11.5. The summed E-state index contributed by atoms with van der Waals surface area (Å²) in [5, 5.41) is 3.06. The third kappa shape index (κ3) is 3.86. The van der Waals surface area contributed by atoms with Crippen LogP contribution >= 0.6 is 0 Å². The summed E-state index contributed by atoms with van der Waals surface area (Å²) in [5.41, 5.74) is 0. The normalized spacial score (nSPS) is 13.9. The van der Waals surface area contributed by atoms with Crippen LogP contribution in [0.4, 0.5) is 0 Å². The monoisotopic (exact) mass is 173 g/mol. The van der Waals surface area contributed by atoms with Gasteiger partial charge in [0.2, 0.25) is 0 Å². The first-order valence-corrected chi connectivity index (χ1v) is 4.70. The Hall–Kier alpha value is -0.370. The highest BCUT2D eigenvalue weighted by Crippen LogP contribution is 2.09. The minimum absolute atomic E-state index is 0. The molecular weight excluding hydrogens is 150 g/mol. The number of carbonyl (C=O) groups is 1. The molecule has 0 aromatic rings. The van der Waals surface area contributed by atoms with Gasteiger partial charge in [-0.2, -0.15) is 0 Å². The Balaban J connectivity index is 0. The molecule has 0 aromatic carbocycles. The number of hydrogen-bond acceptors (Lipinski definition) is 2. The topological polar surface area (TPSA) is 29.1 Å². The number of rotatable bonds is 5. The molecule has 1 unspecified atom stereocenters. The van der Waals surface area contributed by atoms with E-state index in [4.69, 9.17) is 0 Å². The maximum Gasteiger partial charge on any atom is 0.152 e. The average molecular weight is 173 g/mol. The fourth-order valence-electron chi connectivity index (χ4n) is 1.25. The van der Waals surface area contributed by atoms with Crippen LogP contribution in [0.1, 0.15) is 35.5 Å². The van der Waals surface area contributed by atoms with Gasteiger partial charge in [0.15, 0.2) is 5.78 Å². The fourth-order valence-corrected chi connectivity index (χ4v) is 1.25. The Morgan fingerprint density at radius 3 is 2.08 bits per heavy atom. The van der Waals surface area contributed by atoms with Crippen molar-refractivity contribution in [2.24, 2.45) is 11.8 Å². The van der Waals surface area contributed by atoms with Crippen LogP contribution in [0.3, 0.4) is 0 Å². The molecule has 1 N–H and O–H groups in total. The molecule has 0 aromatic heterocycles. The van der Waals surface area contributed by atoms with Crippen LogP contribution in [0.2, 0.25) is 0 Å². The lowest BCUT2D eigenvalue weighted by atomic mass is 9.94. The highest BCUT2D eigenvalue weighted by atomic mass is 16.1. The van der Waals surface area contributed by atoms with Gasteiger partial charge in [0.1, 0.15) is 0 Å². The van der Waals surface area contributed by atoms with Crippen molar-refractivity contribution in [1.29, 1.82) is 0 Å². The molecule has 2 nitrogen and oxygen atoms in total. The molecule has 0 aliphatic heterocycles. The molecule has 0 rings (SSSR count). The summed E-state index contributed by atoms with van der Waals surface area (Å²) in [7, 11) is 1.85. The van der Waals surface area contributed by atoms with Gasteiger partial charge in [0.25, 0.3) is 0 Å². The first-order chi connectivity index (χ1) is 5.49. The minimum Gasteiger partial charge on any atom is -0.311 e. The predicted octanol–water partition coefficient (Wildman–Crippen LogP) is 2.09. The first-order valence-electron chi connectivity index (χ1n) is 4.70. The Kier molecular flexibility index (Phi) is 5.14. The smallest absolute Gasteiger partial charge is 0.152 e. The highest BCUT2D eigenvalue weighted by Gasteiger charge is 2.19. The zero-order valence-corrected chi connectivity index (χ0v) is 8.85. The van der Waals surface area contributed by atoms with Gasteiger partial charge in [0.05, 0.1) is 6.04 Å². The Bertz CT molecular complexity index is 146. The third-order valence-corrected chi connectivity index (χ3v) is 1.97. The minimum atomic E-state index is 0. The number of hydrogen-bond donors (Lipinski definition) is 1. The van der Waals surface area contributed by atoms with Crippen molar-refractivity contribution in [1.82, 2.24) is 5.32 Å². The molecule has 74 valence electrons. The summed E-state index contributed by atoms with van der Waals surface area (Å²) in [4.78, 5) is 11.5. The molecule has 0 radical (unpaired) electrons. The van der Waals surface area contributed by atoms with E-state index < -0.39 is 0 Å². The molecule has 0 aliphatic rings. The van der Waals surface area contributed by atoms with Gasteiger partial charge < -0.3 is 5.32 Å². The van der Waals surface area contributed by atoms with Gasteiger partial charge in [-0.3, -0.25) is 4.79 Å². The Morgan fingerprint density at radius 1 is 1.33 bits per heavy atom. The molecule has 0 bridgehead atoms. The number of Topliss-reactive ketones (excluding diaryl/α,β-unsaturated/α-hetero) is 1. The Morgan fingerprint density at radius 2 is 1.83 bits per heavy atom. The zero-order chi connectivity index (χ0) is 9.72. The van der Waals surface area contributed by atoms with Gasteiger partial charge >= 0.3 is 0 Å².